The van der Waals surface area contributed by atoms with Crippen LogP contribution in [-0.4, -0.2) is 48.8 Å². The van der Waals surface area contributed by atoms with E-state index in [2.05, 4.69) is 9.80 Å². The summed E-state index contributed by atoms with van der Waals surface area (Å²) in [5.41, 5.74) is 3.76. The average molecular weight is 487 g/mol. The minimum atomic E-state index is -0.475. The summed E-state index contributed by atoms with van der Waals surface area (Å²) < 4.78 is 19.9. The van der Waals surface area contributed by atoms with E-state index in [1.807, 2.05) is 31.2 Å². The third kappa shape index (κ3) is 4.66. The first-order chi connectivity index (χ1) is 17.4. The fraction of sp³-hybridized carbons (Fsp3) is 0.250. The highest BCUT2D eigenvalue weighted by Gasteiger charge is 2.23. The Labute approximate surface area is 208 Å². The topological polar surface area (TPSA) is 67.7 Å². The molecule has 0 amide bonds. The quantitative estimate of drug-likeness (QED) is 0.397. The predicted octanol–water partition coefficient (Wildman–Crippen LogP) is 4.01. The number of methoxy groups -OCH3 is 1. The Bertz CT molecular complexity index is 1460. The third-order valence-corrected chi connectivity index (χ3v) is 6.57. The summed E-state index contributed by atoms with van der Waals surface area (Å²) in [6.45, 7) is 5.09. The smallest absolute Gasteiger partial charge is 0.337 e. The normalized spacial score (nSPS) is 13.8. The number of halogens is 1. The molecule has 5 rings (SSSR count). The van der Waals surface area contributed by atoms with E-state index in [0.29, 0.717) is 55.1 Å². The second-order valence-electron chi connectivity index (χ2n) is 8.96. The summed E-state index contributed by atoms with van der Waals surface area (Å²) in [6.07, 6.45) is 0. The van der Waals surface area contributed by atoms with Crippen molar-refractivity contribution in [2.24, 2.45) is 0 Å². The van der Waals surface area contributed by atoms with Crippen molar-refractivity contribution in [1.82, 2.24) is 9.55 Å². The molecule has 7 nitrogen and oxygen atoms in total. The van der Waals surface area contributed by atoms with Gasteiger partial charge in [0.25, 0.3) is 5.56 Å². The first kappa shape index (κ1) is 23.5. The first-order valence-corrected chi connectivity index (χ1v) is 11.9. The van der Waals surface area contributed by atoms with Gasteiger partial charge in [-0.3, -0.25) is 9.36 Å². The van der Waals surface area contributed by atoms with Gasteiger partial charge in [0.1, 0.15) is 5.82 Å². The Morgan fingerprint density at radius 2 is 1.61 bits per heavy atom. The molecule has 2 heterocycles. The van der Waals surface area contributed by atoms with Crippen molar-refractivity contribution in [3.63, 3.8) is 0 Å². The van der Waals surface area contributed by atoms with Crippen LogP contribution >= 0.6 is 0 Å². The molecule has 0 atom stereocenters. The largest absolute Gasteiger partial charge is 0.465 e. The number of piperazine rings is 1. The van der Waals surface area contributed by atoms with E-state index in [4.69, 9.17) is 9.72 Å². The van der Waals surface area contributed by atoms with Crippen LogP contribution in [-0.2, 0) is 11.3 Å². The minimum Gasteiger partial charge on any atom is -0.465 e. The number of hydrogen-bond donors (Lipinski definition) is 0. The molecule has 0 bridgehead atoms. The van der Waals surface area contributed by atoms with Gasteiger partial charge in [0, 0.05) is 31.9 Å². The molecule has 1 aromatic heterocycles. The highest BCUT2D eigenvalue weighted by atomic mass is 19.1. The molecule has 4 aromatic rings. The molecule has 0 N–H and O–H groups in total. The van der Waals surface area contributed by atoms with Gasteiger partial charge in [-0.2, -0.15) is 0 Å². The molecule has 8 heteroatoms. The maximum Gasteiger partial charge on any atom is 0.337 e. The minimum absolute atomic E-state index is 0.159. The van der Waals surface area contributed by atoms with Crippen LogP contribution < -0.4 is 15.4 Å². The number of ether oxygens (including phenoxy) is 1. The van der Waals surface area contributed by atoms with Crippen LogP contribution in [0.25, 0.3) is 10.9 Å². The Morgan fingerprint density at radius 3 is 2.28 bits per heavy atom. The van der Waals surface area contributed by atoms with Gasteiger partial charge in [0.15, 0.2) is 0 Å². The molecule has 1 fully saturated rings. The van der Waals surface area contributed by atoms with Crippen LogP contribution in [0.3, 0.4) is 0 Å². The Kier molecular flexibility index (Phi) is 6.41. The lowest BCUT2D eigenvalue weighted by Crippen LogP contribution is -2.48. The number of carbonyl (C=O) groups excluding carboxylic acids is 1. The first-order valence-electron chi connectivity index (χ1n) is 11.9. The zero-order valence-corrected chi connectivity index (χ0v) is 20.3. The zero-order chi connectivity index (χ0) is 25.2. The van der Waals surface area contributed by atoms with Crippen LogP contribution in [0.1, 0.15) is 21.5 Å². The Hall–Kier alpha value is -4.20. The zero-order valence-electron chi connectivity index (χ0n) is 20.3. The molecule has 0 aliphatic carbocycles. The third-order valence-electron chi connectivity index (χ3n) is 6.57. The van der Waals surface area contributed by atoms with E-state index in [9.17, 15) is 14.0 Å². The van der Waals surface area contributed by atoms with E-state index in [1.54, 1.807) is 34.9 Å². The van der Waals surface area contributed by atoms with Crippen LogP contribution in [0, 0.1) is 12.7 Å². The number of rotatable bonds is 5. The number of esters is 1. The van der Waals surface area contributed by atoms with Gasteiger partial charge in [0.2, 0.25) is 5.95 Å². The van der Waals surface area contributed by atoms with Gasteiger partial charge in [-0.05, 0) is 55.0 Å². The molecule has 0 saturated carbocycles. The maximum atomic E-state index is 13.7. The van der Waals surface area contributed by atoms with E-state index in [1.165, 1.54) is 19.2 Å². The number of fused-ring (bicyclic) bond motifs is 1. The Balaban J connectivity index is 1.52. The summed E-state index contributed by atoms with van der Waals surface area (Å²) in [5, 5.41) is 0.448. The number of anilines is 2. The lowest BCUT2D eigenvalue weighted by molar-refractivity contribution is 0.0601. The van der Waals surface area contributed by atoms with Crippen molar-refractivity contribution < 1.29 is 13.9 Å². The van der Waals surface area contributed by atoms with Crippen molar-refractivity contribution in [3.05, 3.63) is 99.6 Å². The van der Waals surface area contributed by atoms with Crippen LogP contribution in [0.5, 0.6) is 0 Å². The number of benzene rings is 3. The van der Waals surface area contributed by atoms with E-state index in [-0.39, 0.29) is 11.4 Å². The standard InChI is InChI=1S/C28H27FN4O3/c1-19-3-5-20(6-4-19)18-33-26(34)24-12-7-21(27(35)36-2)17-25(24)30-28(33)32-15-13-31(14-16-32)23-10-8-22(29)9-11-23/h3-12,17H,13-16,18H2,1-2H3. The molecule has 0 unspecified atom stereocenters. The number of carbonyl (C=O) groups is 1. The van der Waals surface area contributed by atoms with Crippen molar-refractivity contribution in [2.45, 2.75) is 13.5 Å². The fourth-order valence-electron chi connectivity index (χ4n) is 4.53. The average Bonchev–Trinajstić information content (AvgIpc) is 2.91. The summed E-state index contributed by atoms with van der Waals surface area (Å²) in [7, 11) is 1.32. The number of nitrogens with zero attached hydrogens (tertiary/aromatic N) is 4. The number of hydrogen-bond acceptors (Lipinski definition) is 6. The molecule has 1 aliphatic heterocycles. The summed E-state index contributed by atoms with van der Waals surface area (Å²) in [6, 6.07) is 19.4. The number of aromatic nitrogens is 2. The lowest BCUT2D eigenvalue weighted by Gasteiger charge is -2.37. The maximum absolute atomic E-state index is 13.7. The van der Waals surface area contributed by atoms with Gasteiger partial charge in [-0.15, -0.1) is 0 Å². The van der Waals surface area contributed by atoms with Gasteiger partial charge in [0.05, 0.1) is 30.1 Å². The Morgan fingerprint density at radius 1 is 0.944 bits per heavy atom. The second-order valence-corrected chi connectivity index (χ2v) is 8.96. The van der Waals surface area contributed by atoms with E-state index < -0.39 is 5.97 Å². The molecule has 36 heavy (non-hydrogen) atoms. The highest BCUT2D eigenvalue weighted by molar-refractivity contribution is 5.94. The van der Waals surface area contributed by atoms with Crippen molar-refractivity contribution in [3.8, 4) is 0 Å². The van der Waals surface area contributed by atoms with Gasteiger partial charge < -0.3 is 14.5 Å². The van der Waals surface area contributed by atoms with Crippen molar-refractivity contribution >= 4 is 28.5 Å². The van der Waals surface area contributed by atoms with E-state index in [0.717, 1.165) is 16.8 Å². The van der Waals surface area contributed by atoms with Gasteiger partial charge in [-0.25, -0.2) is 14.2 Å². The van der Waals surface area contributed by atoms with Crippen LogP contribution in [0.15, 0.2) is 71.5 Å². The lowest BCUT2D eigenvalue weighted by atomic mass is 10.1. The second kappa shape index (κ2) is 9.81. The monoisotopic (exact) mass is 486 g/mol. The molecule has 1 saturated heterocycles. The molecule has 0 radical (unpaired) electrons. The SMILES string of the molecule is COC(=O)c1ccc2c(=O)n(Cc3ccc(C)cc3)c(N3CCN(c4ccc(F)cc4)CC3)nc2c1. The van der Waals surface area contributed by atoms with Gasteiger partial charge >= 0.3 is 5.97 Å². The fourth-order valence-corrected chi connectivity index (χ4v) is 4.53. The molecule has 0 spiro atoms. The van der Waals surface area contributed by atoms with Crippen molar-refractivity contribution in [1.29, 1.82) is 0 Å². The molecule has 3 aromatic carbocycles. The van der Waals surface area contributed by atoms with E-state index >= 15 is 0 Å². The molecule has 184 valence electrons. The van der Waals surface area contributed by atoms with Gasteiger partial charge in [-0.1, -0.05) is 29.8 Å². The highest BCUT2D eigenvalue weighted by Crippen LogP contribution is 2.22. The molecular weight excluding hydrogens is 459 g/mol. The van der Waals surface area contributed by atoms with Crippen LogP contribution in [0.4, 0.5) is 16.0 Å². The summed E-state index contributed by atoms with van der Waals surface area (Å²) >= 11 is 0. The summed E-state index contributed by atoms with van der Waals surface area (Å²) in [4.78, 5) is 34.9. The predicted molar refractivity (Wildman–Crippen MR) is 138 cm³/mol. The van der Waals surface area contributed by atoms with Crippen LogP contribution in [0.2, 0.25) is 0 Å². The molecular formula is C28H27FN4O3. The number of aryl methyl sites for hydroxylation is 1. The molecule has 1 aliphatic rings. The summed E-state index contributed by atoms with van der Waals surface area (Å²) in [5.74, 6) is -0.171. The van der Waals surface area contributed by atoms with Crippen molar-refractivity contribution in [2.75, 3.05) is 43.1 Å².